The summed E-state index contributed by atoms with van der Waals surface area (Å²) in [6.45, 7) is 4.65. The Labute approximate surface area is 170 Å². The fraction of sp³-hybridized carbons (Fsp3) is 0.300. The second-order valence-electron chi connectivity index (χ2n) is 6.17. The first kappa shape index (κ1) is 20.8. The first-order valence-corrected chi connectivity index (χ1v) is 10.7. The SMILES string of the molecule is CCN(CC)S(=O)(=O)c1ccc(OC)c(NCc2nnc(-c3ccccc3)o2)c1. The highest BCUT2D eigenvalue weighted by atomic mass is 32.2. The van der Waals surface area contributed by atoms with Crippen LogP contribution in [-0.2, 0) is 16.6 Å². The van der Waals surface area contributed by atoms with Gasteiger partial charge in [-0.15, -0.1) is 10.2 Å². The zero-order valence-corrected chi connectivity index (χ0v) is 17.4. The standard InChI is InChI=1S/C20H24N4O4S/c1-4-24(5-2)29(25,26)16-11-12-18(27-3)17(13-16)21-14-19-22-23-20(28-19)15-9-7-6-8-10-15/h6-13,21H,4-5,14H2,1-3H3. The molecule has 0 aliphatic carbocycles. The van der Waals surface area contributed by atoms with Gasteiger partial charge in [-0.3, -0.25) is 0 Å². The molecule has 0 unspecified atom stereocenters. The van der Waals surface area contributed by atoms with E-state index in [0.717, 1.165) is 5.56 Å². The average molecular weight is 417 g/mol. The second-order valence-corrected chi connectivity index (χ2v) is 8.11. The van der Waals surface area contributed by atoms with Gasteiger partial charge in [0.25, 0.3) is 0 Å². The van der Waals surface area contributed by atoms with E-state index >= 15 is 0 Å². The van der Waals surface area contributed by atoms with Gasteiger partial charge in [-0.25, -0.2) is 8.42 Å². The van der Waals surface area contributed by atoms with Gasteiger partial charge in [0.05, 0.1) is 24.2 Å². The normalized spacial score (nSPS) is 11.6. The summed E-state index contributed by atoms with van der Waals surface area (Å²) >= 11 is 0. The summed E-state index contributed by atoms with van der Waals surface area (Å²) in [4.78, 5) is 0.194. The Bertz CT molecular complexity index is 1050. The van der Waals surface area contributed by atoms with Crippen LogP contribution in [0.25, 0.3) is 11.5 Å². The summed E-state index contributed by atoms with van der Waals surface area (Å²) in [5, 5.41) is 11.2. The van der Waals surface area contributed by atoms with Crippen molar-refractivity contribution in [3.05, 3.63) is 54.4 Å². The Hall–Kier alpha value is -2.91. The van der Waals surface area contributed by atoms with Gasteiger partial charge in [-0.2, -0.15) is 4.31 Å². The zero-order chi connectivity index (χ0) is 20.9. The molecule has 154 valence electrons. The molecule has 2 aromatic carbocycles. The maximum absolute atomic E-state index is 12.8. The van der Waals surface area contributed by atoms with Crippen LogP contribution in [0.4, 0.5) is 5.69 Å². The third kappa shape index (κ3) is 4.57. The quantitative estimate of drug-likeness (QED) is 0.571. The van der Waals surface area contributed by atoms with Crippen LogP contribution >= 0.6 is 0 Å². The van der Waals surface area contributed by atoms with Crippen molar-refractivity contribution in [1.29, 1.82) is 0 Å². The Balaban J connectivity index is 1.81. The summed E-state index contributed by atoms with van der Waals surface area (Å²) in [5.74, 6) is 1.32. The van der Waals surface area contributed by atoms with Crippen molar-refractivity contribution in [1.82, 2.24) is 14.5 Å². The topological polar surface area (TPSA) is 97.6 Å². The highest BCUT2D eigenvalue weighted by Gasteiger charge is 2.23. The lowest BCUT2D eigenvalue weighted by Gasteiger charge is -2.19. The minimum Gasteiger partial charge on any atom is -0.495 e. The molecule has 0 spiro atoms. The van der Waals surface area contributed by atoms with Crippen LogP contribution in [0.2, 0.25) is 0 Å². The zero-order valence-electron chi connectivity index (χ0n) is 16.6. The van der Waals surface area contributed by atoms with Gasteiger partial charge in [0, 0.05) is 18.7 Å². The largest absolute Gasteiger partial charge is 0.495 e. The van der Waals surface area contributed by atoms with Crippen LogP contribution in [-0.4, -0.2) is 43.1 Å². The van der Waals surface area contributed by atoms with Crippen LogP contribution < -0.4 is 10.1 Å². The third-order valence-corrected chi connectivity index (χ3v) is 6.48. The summed E-state index contributed by atoms with van der Waals surface area (Å²) in [7, 11) is -2.05. The lowest BCUT2D eigenvalue weighted by atomic mass is 10.2. The van der Waals surface area contributed by atoms with Crippen molar-refractivity contribution >= 4 is 15.7 Å². The van der Waals surface area contributed by atoms with E-state index in [0.29, 0.717) is 36.3 Å². The Kier molecular flexibility index (Phi) is 6.50. The number of nitrogens with one attached hydrogen (secondary N) is 1. The van der Waals surface area contributed by atoms with Crippen LogP contribution in [0.15, 0.2) is 57.8 Å². The molecule has 0 aliphatic heterocycles. The van der Waals surface area contributed by atoms with Crippen molar-refractivity contribution in [2.45, 2.75) is 25.3 Å². The highest BCUT2D eigenvalue weighted by Crippen LogP contribution is 2.29. The predicted octanol–water partition coefficient (Wildman–Crippen LogP) is 3.39. The summed E-state index contributed by atoms with van der Waals surface area (Å²) in [6, 6.07) is 14.2. The number of hydrogen-bond acceptors (Lipinski definition) is 7. The molecule has 9 heteroatoms. The molecule has 0 radical (unpaired) electrons. The molecule has 29 heavy (non-hydrogen) atoms. The maximum Gasteiger partial charge on any atom is 0.247 e. The number of methoxy groups -OCH3 is 1. The van der Waals surface area contributed by atoms with E-state index < -0.39 is 10.0 Å². The van der Waals surface area contributed by atoms with Crippen LogP contribution in [0.1, 0.15) is 19.7 Å². The van der Waals surface area contributed by atoms with E-state index in [1.807, 2.05) is 44.2 Å². The van der Waals surface area contributed by atoms with E-state index in [4.69, 9.17) is 9.15 Å². The van der Waals surface area contributed by atoms with Crippen molar-refractivity contribution in [3.63, 3.8) is 0 Å². The monoisotopic (exact) mass is 416 g/mol. The minimum atomic E-state index is -3.58. The molecule has 0 fully saturated rings. The van der Waals surface area contributed by atoms with E-state index in [1.165, 1.54) is 17.5 Å². The highest BCUT2D eigenvalue weighted by molar-refractivity contribution is 7.89. The molecule has 1 N–H and O–H groups in total. The second kappa shape index (κ2) is 9.06. The Morgan fingerprint density at radius 2 is 1.79 bits per heavy atom. The molecule has 3 aromatic rings. The lowest BCUT2D eigenvalue weighted by molar-refractivity contribution is 0.415. The van der Waals surface area contributed by atoms with Crippen molar-refractivity contribution < 1.29 is 17.6 Å². The van der Waals surface area contributed by atoms with Gasteiger partial charge < -0.3 is 14.5 Å². The third-order valence-electron chi connectivity index (χ3n) is 4.43. The average Bonchev–Trinajstić information content (AvgIpc) is 3.22. The number of anilines is 1. The van der Waals surface area contributed by atoms with Crippen LogP contribution in [0.3, 0.4) is 0 Å². The summed E-state index contributed by atoms with van der Waals surface area (Å²) in [6.07, 6.45) is 0. The van der Waals surface area contributed by atoms with Gasteiger partial charge in [-0.05, 0) is 30.3 Å². The first-order valence-electron chi connectivity index (χ1n) is 9.29. The first-order chi connectivity index (χ1) is 14.0. The number of ether oxygens (including phenoxy) is 1. The van der Waals surface area contributed by atoms with Gasteiger partial charge in [-0.1, -0.05) is 32.0 Å². The number of benzene rings is 2. The fourth-order valence-electron chi connectivity index (χ4n) is 2.89. The molecule has 8 nitrogen and oxygen atoms in total. The number of sulfonamides is 1. The Morgan fingerprint density at radius 3 is 2.45 bits per heavy atom. The van der Waals surface area contributed by atoms with Gasteiger partial charge in [0.1, 0.15) is 5.75 Å². The summed E-state index contributed by atoms with van der Waals surface area (Å²) in [5.41, 5.74) is 1.36. The molecular formula is C20H24N4O4S. The predicted molar refractivity (Wildman–Crippen MR) is 110 cm³/mol. The van der Waals surface area contributed by atoms with Crippen molar-refractivity contribution in [2.75, 3.05) is 25.5 Å². The number of hydrogen-bond donors (Lipinski definition) is 1. The smallest absolute Gasteiger partial charge is 0.247 e. The molecule has 0 saturated heterocycles. The molecule has 1 heterocycles. The van der Waals surface area contributed by atoms with E-state index in [9.17, 15) is 8.42 Å². The minimum absolute atomic E-state index is 0.194. The van der Waals surface area contributed by atoms with Crippen molar-refractivity contribution in [2.24, 2.45) is 0 Å². The molecule has 0 amide bonds. The number of aromatic nitrogens is 2. The molecule has 0 aliphatic rings. The molecular weight excluding hydrogens is 392 g/mol. The lowest BCUT2D eigenvalue weighted by Crippen LogP contribution is -2.30. The number of nitrogens with zero attached hydrogens (tertiary/aromatic N) is 3. The molecule has 0 saturated carbocycles. The van der Waals surface area contributed by atoms with Gasteiger partial charge in [0.15, 0.2) is 0 Å². The van der Waals surface area contributed by atoms with E-state index in [1.54, 1.807) is 12.1 Å². The molecule has 3 rings (SSSR count). The van der Waals surface area contributed by atoms with E-state index in [2.05, 4.69) is 15.5 Å². The van der Waals surface area contributed by atoms with Gasteiger partial charge in [0.2, 0.25) is 21.8 Å². The number of rotatable bonds is 9. The summed E-state index contributed by atoms with van der Waals surface area (Å²) < 4.78 is 38.0. The van der Waals surface area contributed by atoms with Gasteiger partial charge >= 0.3 is 0 Å². The molecule has 0 bridgehead atoms. The Morgan fingerprint density at radius 1 is 1.07 bits per heavy atom. The maximum atomic E-state index is 12.8. The molecule has 1 aromatic heterocycles. The van der Waals surface area contributed by atoms with Crippen LogP contribution in [0.5, 0.6) is 5.75 Å². The van der Waals surface area contributed by atoms with Crippen molar-refractivity contribution in [3.8, 4) is 17.2 Å². The molecule has 0 atom stereocenters. The van der Waals surface area contributed by atoms with E-state index in [-0.39, 0.29) is 11.4 Å². The fourth-order valence-corrected chi connectivity index (χ4v) is 4.38. The van der Waals surface area contributed by atoms with Crippen LogP contribution in [0, 0.1) is 0 Å².